The Balaban J connectivity index is 1.28. The van der Waals surface area contributed by atoms with Crippen molar-refractivity contribution < 1.29 is 14.0 Å². The Bertz CT molecular complexity index is 1750. The molecule has 3 aromatic heterocycles. The van der Waals surface area contributed by atoms with Crippen LogP contribution in [0.15, 0.2) is 36.4 Å². The number of nitrogens with one attached hydrogen (secondary N) is 3. The number of piperidine rings is 1. The van der Waals surface area contributed by atoms with Gasteiger partial charge in [0.1, 0.15) is 11.8 Å². The van der Waals surface area contributed by atoms with Crippen LogP contribution in [0.1, 0.15) is 100 Å². The van der Waals surface area contributed by atoms with Crippen LogP contribution in [0.3, 0.4) is 0 Å². The van der Waals surface area contributed by atoms with E-state index in [-0.39, 0.29) is 17.9 Å². The van der Waals surface area contributed by atoms with Crippen molar-refractivity contribution in [3.05, 3.63) is 47.7 Å². The Kier molecular flexibility index (Phi) is 7.88. The third-order valence-corrected chi connectivity index (χ3v) is 9.91. The van der Waals surface area contributed by atoms with E-state index in [0.29, 0.717) is 31.1 Å². The van der Waals surface area contributed by atoms with E-state index in [4.69, 9.17) is 9.97 Å². The van der Waals surface area contributed by atoms with Crippen LogP contribution in [0.2, 0.25) is 0 Å². The highest BCUT2D eigenvalue weighted by atomic mass is 19.1. The molecule has 7 rings (SSSR count). The first-order valence-corrected chi connectivity index (χ1v) is 16.7. The minimum atomic E-state index is -1.05. The molecule has 4 aromatic rings. The number of amides is 2. The highest BCUT2D eigenvalue weighted by molar-refractivity contribution is 5.98. The summed E-state index contributed by atoms with van der Waals surface area (Å²) in [6, 6.07) is 11.6. The zero-order chi connectivity index (χ0) is 31.3. The van der Waals surface area contributed by atoms with Gasteiger partial charge in [-0.05, 0) is 82.0 Å². The van der Waals surface area contributed by atoms with E-state index in [2.05, 4.69) is 37.2 Å². The number of hydrogen-bond acceptors (Lipinski definition) is 5. The lowest BCUT2D eigenvalue weighted by Crippen LogP contribution is -2.52. The van der Waals surface area contributed by atoms with Crippen LogP contribution in [-0.2, 0) is 11.3 Å². The molecule has 3 aliphatic rings. The number of fused-ring (bicyclic) bond motifs is 2. The van der Waals surface area contributed by atoms with Crippen LogP contribution in [0, 0.1) is 5.41 Å². The molecular formula is C35H44FN7O2. The molecule has 3 N–H and O–H groups in total. The molecule has 1 aromatic carbocycles. The van der Waals surface area contributed by atoms with Crippen molar-refractivity contribution >= 4 is 33.9 Å². The number of aryl methyl sites for hydroxylation is 1. The normalized spacial score (nSPS) is 24.4. The fourth-order valence-electron chi connectivity index (χ4n) is 6.91. The summed E-state index contributed by atoms with van der Waals surface area (Å²) in [4.78, 5) is 36.6. The molecule has 45 heavy (non-hydrogen) atoms. The summed E-state index contributed by atoms with van der Waals surface area (Å²) in [6.45, 7) is 7.94. The van der Waals surface area contributed by atoms with Crippen molar-refractivity contribution in [2.45, 2.75) is 103 Å². The van der Waals surface area contributed by atoms with Gasteiger partial charge in [-0.15, -0.1) is 0 Å². The first kappa shape index (κ1) is 29.9. The number of hydrogen-bond donors (Lipinski definition) is 3. The number of aromatic nitrogens is 4. The monoisotopic (exact) mass is 613 g/mol. The quantitative estimate of drug-likeness (QED) is 0.263. The molecule has 238 valence electrons. The van der Waals surface area contributed by atoms with Crippen molar-refractivity contribution in [1.82, 2.24) is 35.1 Å². The topological polar surface area (TPSA) is 106 Å². The van der Waals surface area contributed by atoms with E-state index >= 15 is 0 Å². The maximum Gasteiger partial charge on any atom is 0.251 e. The van der Waals surface area contributed by atoms with Gasteiger partial charge in [0.15, 0.2) is 5.82 Å². The van der Waals surface area contributed by atoms with E-state index < -0.39 is 17.6 Å². The lowest BCUT2D eigenvalue weighted by atomic mass is 9.85. The molecule has 1 saturated carbocycles. The second-order valence-corrected chi connectivity index (χ2v) is 13.9. The Morgan fingerprint density at radius 3 is 2.67 bits per heavy atom. The molecule has 3 atom stereocenters. The van der Waals surface area contributed by atoms with Gasteiger partial charge in [-0.25, -0.2) is 14.4 Å². The predicted octanol–water partition coefficient (Wildman–Crippen LogP) is 5.99. The third kappa shape index (κ3) is 5.85. The average molecular weight is 614 g/mol. The van der Waals surface area contributed by atoms with Gasteiger partial charge in [0.2, 0.25) is 5.91 Å². The fraction of sp³-hybridized carbons (Fsp3) is 0.543. The van der Waals surface area contributed by atoms with Gasteiger partial charge in [-0.2, -0.15) is 0 Å². The molecular weight excluding hydrogens is 569 g/mol. The average Bonchev–Trinajstić information content (AvgIpc) is 3.69. The summed E-state index contributed by atoms with van der Waals surface area (Å²) < 4.78 is 19.1. The molecule has 1 aliphatic carbocycles. The molecule has 2 amide bonds. The third-order valence-electron chi connectivity index (χ3n) is 9.91. The van der Waals surface area contributed by atoms with Crippen LogP contribution < -0.4 is 16.0 Å². The van der Waals surface area contributed by atoms with Gasteiger partial charge in [0, 0.05) is 35.5 Å². The molecule has 0 unspecified atom stereocenters. The van der Waals surface area contributed by atoms with Gasteiger partial charge < -0.3 is 25.1 Å². The molecule has 2 fully saturated rings. The molecule has 5 heterocycles. The number of alkyl halides is 1. The standard InChI is InChI=1S/C35H44FN7O2/c1-21-26-12-8-22-19-30(42(31(22)39-26)17-7-5-4-6-15-35(2,3)34(45)38-21)32-40-27-18-23(9-13-29(27)43(32)24-10-11-24)33(44)41-28-20-37-16-14-25(28)36/h8-9,12-13,18-19,21,24-25,28,37H,4-7,10-11,14-17,20H2,1-3H3,(H,38,45)(H,41,44)/t21-,25+,28+/m1/s1. The lowest BCUT2D eigenvalue weighted by Gasteiger charge is -2.27. The SMILES string of the molecule is C[C@H]1NC(=O)C(C)(C)CCCCCCn2c(-c3nc4cc(C(=O)N[C@H]5CNCC[C@@H]5F)ccc4n3C3CC3)cc3ccc1nc32. The minimum absolute atomic E-state index is 0.0659. The van der Waals surface area contributed by atoms with Gasteiger partial charge in [0.05, 0.1) is 34.5 Å². The van der Waals surface area contributed by atoms with Gasteiger partial charge >= 0.3 is 0 Å². The highest BCUT2D eigenvalue weighted by Gasteiger charge is 2.32. The number of carbonyl (C=O) groups excluding carboxylic acids is 2. The van der Waals surface area contributed by atoms with Crippen LogP contribution >= 0.6 is 0 Å². The second kappa shape index (κ2) is 11.9. The number of carbonyl (C=O) groups is 2. The zero-order valence-corrected chi connectivity index (χ0v) is 26.5. The highest BCUT2D eigenvalue weighted by Crippen LogP contribution is 2.42. The first-order chi connectivity index (χ1) is 21.7. The number of nitrogens with zero attached hydrogens (tertiary/aromatic N) is 4. The van der Waals surface area contributed by atoms with Crippen molar-refractivity contribution in [2.75, 3.05) is 13.1 Å². The molecule has 2 bridgehead atoms. The van der Waals surface area contributed by atoms with Gasteiger partial charge in [-0.3, -0.25) is 9.59 Å². The summed E-state index contributed by atoms with van der Waals surface area (Å²) in [7, 11) is 0. The number of halogens is 1. The molecule has 10 heteroatoms. The Morgan fingerprint density at radius 2 is 1.87 bits per heavy atom. The lowest BCUT2D eigenvalue weighted by molar-refractivity contribution is -0.130. The van der Waals surface area contributed by atoms with Crippen molar-refractivity contribution in [1.29, 1.82) is 0 Å². The summed E-state index contributed by atoms with van der Waals surface area (Å²) in [5.74, 6) is 0.671. The molecule has 2 aliphatic heterocycles. The van der Waals surface area contributed by atoms with E-state index in [1.165, 1.54) is 0 Å². The largest absolute Gasteiger partial charge is 0.348 e. The predicted molar refractivity (Wildman–Crippen MR) is 174 cm³/mol. The number of rotatable bonds is 4. The molecule has 0 spiro atoms. The maximum absolute atomic E-state index is 14.4. The van der Waals surface area contributed by atoms with Crippen LogP contribution in [-0.4, -0.2) is 56.2 Å². The van der Waals surface area contributed by atoms with Gasteiger partial charge in [-0.1, -0.05) is 33.1 Å². The van der Waals surface area contributed by atoms with Crippen molar-refractivity contribution in [3.63, 3.8) is 0 Å². The van der Waals surface area contributed by atoms with Crippen LogP contribution in [0.4, 0.5) is 4.39 Å². The zero-order valence-electron chi connectivity index (χ0n) is 26.5. The summed E-state index contributed by atoms with van der Waals surface area (Å²) in [6.07, 6.45) is 6.54. The Labute approximate surface area is 263 Å². The number of imidazole rings is 1. The molecule has 0 radical (unpaired) electrons. The molecule has 1 saturated heterocycles. The minimum Gasteiger partial charge on any atom is -0.348 e. The second-order valence-electron chi connectivity index (χ2n) is 13.9. The fourth-order valence-corrected chi connectivity index (χ4v) is 6.91. The summed E-state index contributed by atoms with van der Waals surface area (Å²) in [5, 5.41) is 10.3. The Morgan fingerprint density at radius 1 is 1.04 bits per heavy atom. The van der Waals surface area contributed by atoms with Crippen LogP contribution in [0.25, 0.3) is 33.6 Å². The number of pyridine rings is 1. The summed E-state index contributed by atoms with van der Waals surface area (Å²) in [5.41, 5.74) is 4.58. The van der Waals surface area contributed by atoms with E-state index in [9.17, 15) is 14.0 Å². The summed E-state index contributed by atoms with van der Waals surface area (Å²) >= 11 is 0. The van der Waals surface area contributed by atoms with Crippen LogP contribution in [0.5, 0.6) is 0 Å². The van der Waals surface area contributed by atoms with Crippen molar-refractivity contribution in [2.24, 2.45) is 5.41 Å². The smallest absolute Gasteiger partial charge is 0.251 e. The number of benzene rings is 1. The van der Waals surface area contributed by atoms with E-state index in [1.54, 1.807) is 0 Å². The van der Waals surface area contributed by atoms with Crippen molar-refractivity contribution in [3.8, 4) is 11.5 Å². The molecule has 9 nitrogen and oxygen atoms in total. The Hall–Kier alpha value is -3.79. The first-order valence-electron chi connectivity index (χ1n) is 16.7. The van der Waals surface area contributed by atoms with Gasteiger partial charge in [0.25, 0.3) is 5.91 Å². The van der Waals surface area contributed by atoms with E-state index in [1.807, 2.05) is 45.0 Å². The van der Waals surface area contributed by atoms with E-state index in [0.717, 1.165) is 90.8 Å². The maximum atomic E-state index is 14.4.